The summed E-state index contributed by atoms with van der Waals surface area (Å²) in [6, 6.07) is 8.86. The fraction of sp³-hybridized carbons (Fsp3) is 0.308. The highest BCUT2D eigenvalue weighted by Gasteiger charge is 2.09. The summed E-state index contributed by atoms with van der Waals surface area (Å²) in [5.41, 5.74) is 2.26. The van der Waals surface area contributed by atoms with Crippen molar-refractivity contribution in [2.45, 2.75) is 17.9 Å². The van der Waals surface area contributed by atoms with Gasteiger partial charge in [-0.2, -0.15) is 0 Å². The lowest BCUT2D eigenvalue weighted by Crippen LogP contribution is -2.11. The molecule has 2 aromatic rings. The van der Waals surface area contributed by atoms with Gasteiger partial charge < -0.3 is 5.32 Å². The third kappa shape index (κ3) is 2.89. The van der Waals surface area contributed by atoms with E-state index in [4.69, 9.17) is 0 Å². The lowest BCUT2D eigenvalue weighted by molar-refractivity contribution is 0.648. The molecule has 0 spiro atoms. The zero-order valence-corrected chi connectivity index (χ0v) is 11.9. The van der Waals surface area contributed by atoms with Gasteiger partial charge in [0.05, 0.1) is 11.7 Å². The molecule has 1 unspecified atom stereocenters. The van der Waals surface area contributed by atoms with Gasteiger partial charge in [0.2, 0.25) is 0 Å². The molecule has 17 heavy (non-hydrogen) atoms. The summed E-state index contributed by atoms with van der Waals surface area (Å²) in [4.78, 5) is 5.94. The molecule has 0 aliphatic heterocycles. The molecule has 1 aromatic heterocycles. The Morgan fingerprint density at radius 1 is 1.29 bits per heavy atom. The van der Waals surface area contributed by atoms with E-state index in [0.29, 0.717) is 6.04 Å². The molecule has 0 saturated heterocycles. The number of nitrogens with one attached hydrogen (secondary N) is 1. The molecule has 0 fully saturated rings. The van der Waals surface area contributed by atoms with Crippen LogP contribution < -0.4 is 5.32 Å². The zero-order valence-electron chi connectivity index (χ0n) is 10.2. The maximum absolute atomic E-state index is 4.66. The standard InChI is InChI=1S/C13H16N2S2/c1-9(14-2)13-15-12(8-17-13)10-4-6-11(16-3)7-5-10/h4-9,14H,1-3H3. The molecular formula is C13H16N2S2. The quantitative estimate of drug-likeness (QED) is 0.850. The van der Waals surface area contributed by atoms with Crippen molar-refractivity contribution < 1.29 is 0 Å². The Labute approximate surface area is 110 Å². The largest absolute Gasteiger partial charge is 0.311 e. The number of thiazole rings is 1. The molecule has 90 valence electrons. The fourth-order valence-corrected chi connectivity index (χ4v) is 2.81. The summed E-state index contributed by atoms with van der Waals surface area (Å²) in [6.07, 6.45) is 2.09. The van der Waals surface area contributed by atoms with E-state index in [0.717, 1.165) is 10.7 Å². The first-order valence-electron chi connectivity index (χ1n) is 5.51. The van der Waals surface area contributed by atoms with Crippen LogP contribution in [0.15, 0.2) is 34.5 Å². The number of aromatic nitrogens is 1. The van der Waals surface area contributed by atoms with Gasteiger partial charge in [-0.3, -0.25) is 0 Å². The van der Waals surface area contributed by atoms with Crippen LogP contribution in [0.2, 0.25) is 0 Å². The molecule has 1 aromatic carbocycles. The summed E-state index contributed by atoms with van der Waals surface area (Å²) in [7, 11) is 1.96. The second-order valence-corrected chi connectivity index (χ2v) is 5.58. The summed E-state index contributed by atoms with van der Waals surface area (Å²) in [5, 5.41) is 6.47. The highest BCUT2D eigenvalue weighted by Crippen LogP contribution is 2.26. The van der Waals surface area contributed by atoms with Crippen LogP contribution in [0.3, 0.4) is 0 Å². The average Bonchev–Trinajstić information content (AvgIpc) is 2.87. The lowest BCUT2D eigenvalue weighted by atomic mass is 10.2. The molecule has 0 aliphatic carbocycles. The van der Waals surface area contributed by atoms with Crippen LogP contribution in [0, 0.1) is 0 Å². The predicted molar refractivity (Wildman–Crippen MR) is 76.8 cm³/mol. The van der Waals surface area contributed by atoms with E-state index in [1.807, 2.05) is 7.05 Å². The molecule has 1 heterocycles. The Balaban J connectivity index is 2.24. The first kappa shape index (κ1) is 12.6. The average molecular weight is 264 g/mol. The van der Waals surface area contributed by atoms with Crippen molar-refractivity contribution >= 4 is 23.1 Å². The minimum Gasteiger partial charge on any atom is -0.311 e. The van der Waals surface area contributed by atoms with Crippen molar-refractivity contribution in [1.29, 1.82) is 0 Å². The van der Waals surface area contributed by atoms with E-state index in [-0.39, 0.29) is 0 Å². The molecule has 4 heteroatoms. The third-order valence-corrected chi connectivity index (χ3v) is 4.48. The van der Waals surface area contributed by atoms with Crippen molar-refractivity contribution in [2.75, 3.05) is 13.3 Å². The minimum absolute atomic E-state index is 0.319. The zero-order chi connectivity index (χ0) is 12.3. The molecule has 2 nitrogen and oxygen atoms in total. The monoisotopic (exact) mass is 264 g/mol. The summed E-state index contributed by atoms with van der Waals surface area (Å²) >= 11 is 3.47. The van der Waals surface area contributed by atoms with Crippen LogP contribution in [-0.4, -0.2) is 18.3 Å². The topological polar surface area (TPSA) is 24.9 Å². The van der Waals surface area contributed by atoms with Gasteiger partial charge in [0.25, 0.3) is 0 Å². The van der Waals surface area contributed by atoms with Crippen molar-refractivity contribution in [3.05, 3.63) is 34.7 Å². The molecule has 2 rings (SSSR count). The first-order chi connectivity index (χ1) is 8.24. The molecule has 0 radical (unpaired) electrons. The summed E-state index contributed by atoms with van der Waals surface area (Å²) < 4.78 is 0. The van der Waals surface area contributed by atoms with Crippen LogP contribution in [0.5, 0.6) is 0 Å². The van der Waals surface area contributed by atoms with E-state index in [1.165, 1.54) is 10.5 Å². The Hall–Kier alpha value is -0.840. The van der Waals surface area contributed by atoms with Gasteiger partial charge in [-0.15, -0.1) is 23.1 Å². The second kappa shape index (κ2) is 5.67. The van der Waals surface area contributed by atoms with E-state index >= 15 is 0 Å². The van der Waals surface area contributed by atoms with Crippen molar-refractivity contribution in [1.82, 2.24) is 10.3 Å². The Morgan fingerprint density at radius 3 is 2.59 bits per heavy atom. The van der Waals surface area contributed by atoms with Gasteiger partial charge in [-0.05, 0) is 32.4 Å². The number of nitrogens with zero attached hydrogens (tertiary/aromatic N) is 1. The van der Waals surface area contributed by atoms with Crippen LogP contribution in [0.25, 0.3) is 11.3 Å². The Morgan fingerprint density at radius 2 is 2.00 bits per heavy atom. The highest BCUT2D eigenvalue weighted by molar-refractivity contribution is 7.98. The second-order valence-electron chi connectivity index (χ2n) is 3.81. The van der Waals surface area contributed by atoms with Crippen molar-refractivity contribution in [3.8, 4) is 11.3 Å². The van der Waals surface area contributed by atoms with Crippen LogP contribution >= 0.6 is 23.1 Å². The van der Waals surface area contributed by atoms with Gasteiger partial charge in [-0.25, -0.2) is 4.98 Å². The fourth-order valence-electron chi connectivity index (χ4n) is 1.50. The molecule has 0 bridgehead atoms. The van der Waals surface area contributed by atoms with E-state index in [2.05, 4.69) is 53.1 Å². The number of thioether (sulfide) groups is 1. The van der Waals surface area contributed by atoms with Crippen molar-refractivity contribution in [2.24, 2.45) is 0 Å². The molecule has 0 aliphatic rings. The summed E-state index contributed by atoms with van der Waals surface area (Å²) in [6.45, 7) is 2.12. The van der Waals surface area contributed by atoms with E-state index in [1.54, 1.807) is 23.1 Å². The van der Waals surface area contributed by atoms with Gasteiger partial charge in [-0.1, -0.05) is 12.1 Å². The smallest absolute Gasteiger partial charge is 0.110 e. The van der Waals surface area contributed by atoms with Crippen molar-refractivity contribution in [3.63, 3.8) is 0 Å². The van der Waals surface area contributed by atoms with Gasteiger partial charge >= 0.3 is 0 Å². The van der Waals surface area contributed by atoms with Gasteiger partial charge in [0.1, 0.15) is 5.01 Å². The van der Waals surface area contributed by atoms with Crippen LogP contribution in [0.4, 0.5) is 0 Å². The first-order valence-corrected chi connectivity index (χ1v) is 7.62. The number of hydrogen-bond acceptors (Lipinski definition) is 4. The maximum Gasteiger partial charge on any atom is 0.110 e. The number of hydrogen-bond donors (Lipinski definition) is 1. The van der Waals surface area contributed by atoms with Crippen LogP contribution in [0.1, 0.15) is 18.0 Å². The highest BCUT2D eigenvalue weighted by atomic mass is 32.2. The SMILES string of the molecule is CNC(C)c1nc(-c2ccc(SC)cc2)cs1. The number of rotatable bonds is 4. The molecule has 1 atom stereocenters. The minimum atomic E-state index is 0.319. The Kier molecular flexibility index (Phi) is 4.20. The summed E-state index contributed by atoms with van der Waals surface area (Å²) in [5.74, 6) is 0. The van der Waals surface area contributed by atoms with E-state index < -0.39 is 0 Å². The molecular weight excluding hydrogens is 248 g/mol. The predicted octanol–water partition coefficient (Wildman–Crippen LogP) is 3.81. The van der Waals surface area contributed by atoms with Gasteiger partial charge in [0, 0.05) is 15.8 Å². The maximum atomic E-state index is 4.66. The molecule has 0 amide bonds. The molecule has 1 N–H and O–H groups in total. The third-order valence-electron chi connectivity index (χ3n) is 2.71. The molecule has 0 saturated carbocycles. The Bertz CT molecular complexity index is 476. The van der Waals surface area contributed by atoms with Crippen LogP contribution in [-0.2, 0) is 0 Å². The van der Waals surface area contributed by atoms with Gasteiger partial charge in [0.15, 0.2) is 0 Å². The lowest BCUT2D eigenvalue weighted by Gasteiger charge is -2.04. The normalized spacial score (nSPS) is 12.6. The number of benzene rings is 1. The van der Waals surface area contributed by atoms with E-state index in [9.17, 15) is 0 Å².